The summed E-state index contributed by atoms with van der Waals surface area (Å²) in [6, 6.07) is 15.5. The second-order valence-corrected chi connectivity index (χ2v) is 14.7. The number of anilines is 2. The van der Waals surface area contributed by atoms with Gasteiger partial charge in [0.2, 0.25) is 0 Å². The van der Waals surface area contributed by atoms with Crippen LogP contribution in [-0.4, -0.2) is 66.4 Å². The molecule has 55 heavy (non-hydrogen) atoms. The molecule has 4 N–H and O–H groups in total. The standard InChI is InChI=1S/C29H32N4O3.C14H16N2O3/c1-17-21(6-4-8-24(17)30-3)22-7-5-9-25(18(22)2)33-28(34)27-14-23(19-10-11-19)20(16-32-27)15-31-26-12-13-36-29(26)35;17-8-11-5-12(9-1-2-9)10(6-15-11)7-16-13-3-4-19-14(13)18/h4-9,14,16,19,26,30-31H,10-13,15H2,1-3H3,(H,33,34);5-6,8-9,13,16H,1-4,7H2. The first-order chi connectivity index (χ1) is 26.7. The summed E-state index contributed by atoms with van der Waals surface area (Å²) in [4.78, 5) is 55.8. The number of esters is 2. The molecule has 2 atom stereocenters. The van der Waals surface area contributed by atoms with Crippen LogP contribution in [-0.2, 0) is 32.2 Å². The van der Waals surface area contributed by atoms with Gasteiger partial charge in [0.15, 0.2) is 6.29 Å². The van der Waals surface area contributed by atoms with Crippen molar-refractivity contribution in [2.45, 2.75) is 89.4 Å². The molecule has 2 aliphatic carbocycles. The summed E-state index contributed by atoms with van der Waals surface area (Å²) in [5.74, 6) is 0.396. The predicted molar refractivity (Wildman–Crippen MR) is 209 cm³/mol. The van der Waals surface area contributed by atoms with Crippen molar-refractivity contribution in [1.29, 1.82) is 0 Å². The van der Waals surface area contributed by atoms with E-state index in [0.717, 1.165) is 75.9 Å². The summed E-state index contributed by atoms with van der Waals surface area (Å²) in [5.41, 5.74) is 11.6. The number of ether oxygens (including phenoxy) is 2. The Kier molecular flexibility index (Phi) is 11.6. The second kappa shape index (κ2) is 16.9. The highest BCUT2D eigenvalue weighted by Gasteiger charge is 2.31. The third-order valence-corrected chi connectivity index (χ3v) is 10.9. The number of amides is 1. The van der Waals surface area contributed by atoms with Gasteiger partial charge in [0.05, 0.1) is 13.2 Å². The number of cyclic esters (lactones) is 2. The molecule has 2 aromatic heterocycles. The zero-order valence-electron chi connectivity index (χ0n) is 31.6. The zero-order valence-corrected chi connectivity index (χ0v) is 31.6. The molecule has 0 radical (unpaired) electrons. The van der Waals surface area contributed by atoms with Crippen LogP contribution in [0.25, 0.3) is 11.1 Å². The predicted octanol–water partition coefficient (Wildman–Crippen LogP) is 6.12. The van der Waals surface area contributed by atoms with Crippen LogP contribution in [0.1, 0.15) is 105 Å². The van der Waals surface area contributed by atoms with Crippen LogP contribution in [0.5, 0.6) is 0 Å². The number of carbonyl (C=O) groups is 4. The molecule has 2 aromatic carbocycles. The number of hydrogen-bond donors (Lipinski definition) is 4. The highest BCUT2D eigenvalue weighted by Crippen LogP contribution is 2.43. The quantitative estimate of drug-likeness (QED) is 0.0923. The van der Waals surface area contributed by atoms with E-state index in [-0.39, 0.29) is 29.9 Å². The third kappa shape index (κ3) is 8.92. The molecular formula is C43H48N6O6. The molecular weight excluding hydrogens is 697 g/mol. The van der Waals surface area contributed by atoms with Gasteiger partial charge >= 0.3 is 11.9 Å². The summed E-state index contributed by atoms with van der Waals surface area (Å²) in [6.45, 7) is 6.21. The number of hydrogen-bond acceptors (Lipinski definition) is 11. The highest BCUT2D eigenvalue weighted by molar-refractivity contribution is 6.04. The van der Waals surface area contributed by atoms with Crippen LogP contribution in [0.3, 0.4) is 0 Å². The van der Waals surface area contributed by atoms with E-state index >= 15 is 0 Å². The zero-order chi connectivity index (χ0) is 38.5. The molecule has 286 valence electrons. The fourth-order valence-electron chi connectivity index (χ4n) is 7.32. The lowest BCUT2D eigenvalue weighted by atomic mass is 9.94. The number of carbonyl (C=O) groups excluding carboxylic acids is 4. The molecule has 2 unspecified atom stereocenters. The fourth-order valence-corrected chi connectivity index (χ4v) is 7.32. The van der Waals surface area contributed by atoms with Gasteiger partial charge in [0, 0.05) is 56.7 Å². The Morgan fingerprint density at radius 1 is 0.745 bits per heavy atom. The monoisotopic (exact) mass is 744 g/mol. The Balaban J connectivity index is 0.000000205. The lowest BCUT2D eigenvalue weighted by Gasteiger charge is -2.17. The van der Waals surface area contributed by atoms with Crippen LogP contribution in [0.4, 0.5) is 11.4 Å². The summed E-state index contributed by atoms with van der Waals surface area (Å²) < 4.78 is 9.96. The summed E-state index contributed by atoms with van der Waals surface area (Å²) in [6.07, 6.45) is 10.2. The van der Waals surface area contributed by atoms with Gasteiger partial charge in [0.1, 0.15) is 23.5 Å². The molecule has 12 nitrogen and oxygen atoms in total. The largest absolute Gasteiger partial charge is 0.464 e. The lowest BCUT2D eigenvalue weighted by molar-refractivity contribution is -0.140. The Morgan fingerprint density at radius 2 is 1.27 bits per heavy atom. The number of rotatable bonds is 13. The van der Waals surface area contributed by atoms with Gasteiger partial charge in [-0.3, -0.25) is 29.1 Å². The van der Waals surface area contributed by atoms with Gasteiger partial charge in [0.25, 0.3) is 5.91 Å². The van der Waals surface area contributed by atoms with Crippen molar-refractivity contribution >= 4 is 35.5 Å². The number of nitrogens with one attached hydrogen (secondary N) is 4. The summed E-state index contributed by atoms with van der Waals surface area (Å²) in [5, 5.41) is 12.8. The van der Waals surface area contributed by atoms with E-state index in [2.05, 4.69) is 56.4 Å². The number of nitrogens with zero attached hydrogens (tertiary/aromatic N) is 2. The Labute approximate surface area is 321 Å². The number of aromatic nitrogens is 2. The average Bonchev–Trinajstić information content (AvgIpc) is 4.14. The molecule has 0 bridgehead atoms. The van der Waals surface area contributed by atoms with Crippen molar-refractivity contribution in [1.82, 2.24) is 20.6 Å². The van der Waals surface area contributed by atoms with Gasteiger partial charge < -0.3 is 30.7 Å². The van der Waals surface area contributed by atoms with E-state index in [1.807, 2.05) is 44.3 Å². The van der Waals surface area contributed by atoms with Crippen molar-refractivity contribution in [3.63, 3.8) is 0 Å². The van der Waals surface area contributed by atoms with Gasteiger partial charge in [-0.15, -0.1) is 0 Å². The maximum absolute atomic E-state index is 13.2. The molecule has 12 heteroatoms. The van der Waals surface area contributed by atoms with E-state index in [9.17, 15) is 19.2 Å². The molecule has 4 fully saturated rings. The third-order valence-electron chi connectivity index (χ3n) is 10.9. The maximum Gasteiger partial charge on any atom is 0.323 e. The van der Waals surface area contributed by atoms with Crippen LogP contribution in [0.15, 0.2) is 60.9 Å². The van der Waals surface area contributed by atoms with Crippen molar-refractivity contribution in [3.05, 3.63) is 106 Å². The number of pyridine rings is 2. The average molecular weight is 745 g/mol. The lowest BCUT2D eigenvalue weighted by Crippen LogP contribution is -2.32. The minimum absolute atomic E-state index is 0.176. The molecule has 4 heterocycles. The smallest absolute Gasteiger partial charge is 0.323 e. The topological polar surface area (TPSA) is 161 Å². The van der Waals surface area contributed by atoms with Crippen molar-refractivity contribution < 1.29 is 28.7 Å². The normalized spacial score (nSPS) is 18.9. The summed E-state index contributed by atoms with van der Waals surface area (Å²) >= 11 is 0. The Hall–Kier alpha value is -5.46. The maximum atomic E-state index is 13.2. The highest BCUT2D eigenvalue weighted by atomic mass is 16.5. The van der Waals surface area contributed by atoms with Crippen molar-refractivity contribution in [2.75, 3.05) is 30.9 Å². The van der Waals surface area contributed by atoms with Crippen LogP contribution < -0.4 is 21.3 Å². The molecule has 1 amide bonds. The minimum Gasteiger partial charge on any atom is -0.464 e. The Morgan fingerprint density at radius 3 is 1.78 bits per heavy atom. The van der Waals surface area contributed by atoms with Crippen LogP contribution in [0.2, 0.25) is 0 Å². The minimum atomic E-state index is -0.271. The number of benzene rings is 2. The molecule has 8 rings (SSSR count). The van der Waals surface area contributed by atoms with E-state index in [1.165, 1.54) is 18.4 Å². The SMILES string of the molecule is CNc1cccc(-c2cccc(NC(=O)c3cc(C4CC4)c(CNC4CCOC4=O)cn3)c2C)c1C.O=Cc1cc(C2CC2)c(CNC2CCOC2=O)cn1. The Bertz CT molecular complexity index is 2090. The van der Waals surface area contributed by atoms with Crippen molar-refractivity contribution in [3.8, 4) is 11.1 Å². The van der Waals surface area contributed by atoms with E-state index in [0.29, 0.717) is 55.9 Å². The second-order valence-electron chi connectivity index (χ2n) is 14.7. The first-order valence-corrected chi connectivity index (χ1v) is 19.2. The molecule has 4 aliphatic rings. The first-order valence-electron chi connectivity index (χ1n) is 19.2. The first kappa shape index (κ1) is 37.8. The van der Waals surface area contributed by atoms with Crippen molar-refractivity contribution in [2.24, 2.45) is 0 Å². The molecule has 4 aromatic rings. The van der Waals surface area contributed by atoms with Gasteiger partial charge in [-0.25, -0.2) is 0 Å². The fraction of sp³-hybridized carbons (Fsp3) is 0.395. The molecule has 2 saturated carbocycles. The van der Waals surface area contributed by atoms with Gasteiger partial charge in [-0.1, -0.05) is 24.3 Å². The van der Waals surface area contributed by atoms with E-state index < -0.39 is 0 Å². The molecule has 2 aliphatic heterocycles. The molecule has 2 saturated heterocycles. The summed E-state index contributed by atoms with van der Waals surface area (Å²) in [7, 11) is 1.92. The van der Waals surface area contributed by atoms with Gasteiger partial charge in [-0.2, -0.15) is 0 Å². The van der Waals surface area contributed by atoms with Crippen LogP contribution >= 0.6 is 0 Å². The van der Waals surface area contributed by atoms with E-state index in [1.54, 1.807) is 12.4 Å². The van der Waals surface area contributed by atoms with Crippen LogP contribution in [0, 0.1) is 13.8 Å². The molecule has 0 spiro atoms. The van der Waals surface area contributed by atoms with Gasteiger partial charge in [-0.05, 0) is 120 Å². The van der Waals surface area contributed by atoms with E-state index in [4.69, 9.17) is 9.47 Å². The number of aldehydes is 1.